The van der Waals surface area contributed by atoms with Gasteiger partial charge < -0.3 is 5.32 Å². The highest BCUT2D eigenvalue weighted by molar-refractivity contribution is 7.18. The number of carbonyl (C=O) groups excluding carboxylic acids is 1. The molecule has 4 aromatic rings. The van der Waals surface area contributed by atoms with E-state index in [9.17, 15) is 4.79 Å². The van der Waals surface area contributed by atoms with Crippen molar-refractivity contribution in [3.05, 3.63) is 90.5 Å². The van der Waals surface area contributed by atoms with Crippen molar-refractivity contribution in [1.29, 1.82) is 0 Å². The molecule has 0 fully saturated rings. The SMILES string of the molecule is O=C(Nc1nnc(-c2ccccc2)s1)c1ccccc1Nc1ccccc1. The molecule has 6 heteroatoms. The third-order valence-corrected chi connectivity index (χ3v) is 4.78. The van der Waals surface area contributed by atoms with Gasteiger partial charge in [-0.05, 0) is 24.3 Å². The van der Waals surface area contributed by atoms with Crippen LogP contribution in [0.5, 0.6) is 0 Å². The molecular weight excluding hydrogens is 356 g/mol. The van der Waals surface area contributed by atoms with Crippen LogP contribution in [0.25, 0.3) is 10.6 Å². The Hall–Kier alpha value is -3.51. The second kappa shape index (κ2) is 7.80. The minimum Gasteiger partial charge on any atom is -0.355 e. The van der Waals surface area contributed by atoms with Gasteiger partial charge in [-0.3, -0.25) is 10.1 Å². The van der Waals surface area contributed by atoms with Gasteiger partial charge in [-0.1, -0.05) is 72.0 Å². The molecular formula is C21H16N4OS. The molecule has 0 aliphatic carbocycles. The third kappa shape index (κ3) is 4.02. The summed E-state index contributed by atoms with van der Waals surface area (Å²) < 4.78 is 0. The van der Waals surface area contributed by atoms with Crippen molar-refractivity contribution in [2.75, 3.05) is 10.6 Å². The van der Waals surface area contributed by atoms with Gasteiger partial charge in [0.1, 0.15) is 5.01 Å². The molecule has 3 aromatic carbocycles. The average Bonchev–Trinajstić information content (AvgIpc) is 3.18. The van der Waals surface area contributed by atoms with E-state index < -0.39 is 0 Å². The Morgan fingerprint density at radius 2 is 1.44 bits per heavy atom. The quantitative estimate of drug-likeness (QED) is 0.505. The first-order valence-electron chi connectivity index (χ1n) is 8.41. The van der Waals surface area contributed by atoms with Gasteiger partial charge in [0.05, 0.1) is 11.3 Å². The van der Waals surface area contributed by atoms with Gasteiger partial charge in [-0.25, -0.2) is 0 Å². The minimum absolute atomic E-state index is 0.232. The van der Waals surface area contributed by atoms with Gasteiger partial charge in [0.2, 0.25) is 5.13 Å². The lowest BCUT2D eigenvalue weighted by atomic mass is 10.1. The van der Waals surface area contributed by atoms with Crippen LogP contribution < -0.4 is 10.6 Å². The van der Waals surface area contributed by atoms with E-state index in [1.807, 2.05) is 78.9 Å². The lowest BCUT2D eigenvalue weighted by molar-refractivity contribution is 0.102. The van der Waals surface area contributed by atoms with Gasteiger partial charge in [0, 0.05) is 11.3 Å². The van der Waals surface area contributed by atoms with Crippen molar-refractivity contribution in [3.63, 3.8) is 0 Å². The Kier molecular flexibility index (Phi) is 4.89. The van der Waals surface area contributed by atoms with E-state index in [4.69, 9.17) is 0 Å². The molecule has 0 spiro atoms. The Morgan fingerprint density at radius 1 is 0.778 bits per heavy atom. The van der Waals surface area contributed by atoms with Crippen LogP contribution in [0.1, 0.15) is 10.4 Å². The lowest BCUT2D eigenvalue weighted by Gasteiger charge is -2.11. The van der Waals surface area contributed by atoms with E-state index in [1.54, 1.807) is 6.07 Å². The van der Waals surface area contributed by atoms with Crippen LogP contribution in [0.3, 0.4) is 0 Å². The van der Waals surface area contributed by atoms with E-state index in [0.717, 1.165) is 21.9 Å². The van der Waals surface area contributed by atoms with Crippen molar-refractivity contribution in [1.82, 2.24) is 10.2 Å². The first-order valence-corrected chi connectivity index (χ1v) is 9.22. The zero-order valence-electron chi connectivity index (χ0n) is 14.3. The Morgan fingerprint density at radius 3 is 2.22 bits per heavy atom. The van der Waals surface area contributed by atoms with E-state index >= 15 is 0 Å². The summed E-state index contributed by atoms with van der Waals surface area (Å²) in [5.41, 5.74) is 3.16. The molecule has 0 saturated carbocycles. The molecule has 1 heterocycles. The molecule has 0 aliphatic heterocycles. The first kappa shape index (κ1) is 16.9. The van der Waals surface area contributed by atoms with Crippen LogP contribution in [-0.4, -0.2) is 16.1 Å². The zero-order valence-corrected chi connectivity index (χ0v) is 15.1. The largest absolute Gasteiger partial charge is 0.355 e. The standard InChI is InChI=1S/C21H16N4OS/c26-19(23-21-25-24-20(27-21)15-9-3-1-4-10-15)17-13-7-8-14-18(17)22-16-11-5-2-6-12-16/h1-14,22H,(H,23,25,26). The van der Waals surface area contributed by atoms with Crippen LogP contribution in [0.4, 0.5) is 16.5 Å². The molecule has 132 valence electrons. The van der Waals surface area contributed by atoms with Gasteiger partial charge in [-0.2, -0.15) is 0 Å². The maximum Gasteiger partial charge on any atom is 0.259 e. The molecule has 5 nitrogen and oxygen atoms in total. The Balaban J connectivity index is 1.53. The third-order valence-electron chi connectivity index (χ3n) is 3.89. The van der Waals surface area contributed by atoms with Gasteiger partial charge in [0.25, 0.3) is 5.91 Å². The fourth-order valence-corrected chi connectivity index (χ4v) is 3.35. The lowest BCUT2D eigenvalue weighted by Crippen LogP contribution is -2.13. The number of para-hydroxylation sites is 2. The van der Waals surface area contributed by atoms with E-state index in [-0.39, 0.29) is 5.91 Å². The summed E-state index contributed by atoms with van der Waals surface area (Å²) in [7, 11) is 0. The number of hydrogen-bond acceptors (Lipinski definition) is 5. The molecule has 0 bridgehead atoms. The van der Waals surface area contributed by atoms with Crippen LogP contribution in [0.15, 0.2) is 84.9 Å². The first-order chi connectivity index (χ1) is 13.3. The van der Waals surface area contributed by atoms with Crippen LogP contribution in [-0.2, 0) is 0 Å². The second-order valence-electron chi connectivity index (χ2n) is 5.77. The Labute approximate surface area is 160 Å². The summed E-state index contributed by atoms with van der Waals surface area (Å²) in [4.78, 5) is 12.8. The summed E-state index contributed by atoms with van der Waals surface area (Å²) in [6.45, 7) is 0. The number of carbonyl (C=O) groups is 1. The maximum atomic E-state index is 12.8. The summed E-state index contributed by atoms with van der Waals surface area (Å²) in [5, 5.41) is 15.6. The highest BCUT2D eigenvalue weighted by atomic mass is 32.1. The summed E-state index contributed by atoms with van der Waals surface area (Å²) in [6, 6.07) is 26.9. The van der Waals surface area contributed by atoms with Crippen molar-refractivity contribution in [2.45, 2.75) is 0 Å². The zero-order chi connectivity index (χ0) is 18.5. The van der Waals surface area contributed by atoms with Gasteiger partial charge in [0.15, 0.2) is 0 Å². The number of nitrogens with zero attached hydrogens (tertiary/aromatic N) is 2. The maximum absolute atomic E-state index is 12.8. The molecule has 4 rings (SSSR count). The average molecular weight is 372 g/mol. The second-order valence-corrected chi connectivity index (χ2v) is 6.75. The molecule has 0 atom stereocenters. The fraction of sp³-hybridized carbons (Fsp3) is 0. The molecule has 1 aromatic heterocycles. The number of benzene rings is 3. The van der Waals surface area contributed by atoms with Gasteiger partial charge >= 0.3 is 0 Å². The van der Waals surface area contributed by atoms with Crippen LogP contribution in [0, 0.1) is 0 Å². The van der Waals surface area contributed by atoms with Crippen molar-refractivity contribution >= 4 is 33.8 Å². The van der Waals surface area contributed by atoms with Crippen molar-refractivity contribution < 1.29 is 4.79 Å². The summed E-state index contributed by atoms with van der Waals surface area (Å²) in [6.07, 6.45) is 0. The molecule has 0 aliphatic rings. The number of amides is 1. The number of hydrogen-bond donors (Lipinski definition) is 2. The van der Waals surface area contributed by atoms with Crippen molar-refractivity contribution in [3.8, 4) is 10.6 Å². The molecule has 1 amide bonds. The predicted octanol–water partition coefficient (Wildman–Crippen LogP) is 5.20. The number of anilines is 3. The Bertz CT molecular complexity index is 1050. The monoisotopic (exact) mass is 372 g/mol. The van der Waals surface area contributed by atoms with E-state index in [1.165, 1.54) is 11.3 Å². The highest BCUT2D eigenvalue weighted by Crippen LogP contribution is 2.27. The number of nitrogens with one attached hydrogen (secondary N) is 2. The van der Waals surface area contributed by atoms with Crippen LogP contribution >= 0.6 is 11.3 Å². The van der Waals surface area contributed by atoms with Gasteiger partial charge in [-0.15, -0.1) is 10.2 Å². The smallest absolute Gasteiger partial charge is 0.259 e. The van der Waals surface area contributed by atoms with Crippen LogP contribution in [0.2, 0.25) is 0 Å². The predicted molar refractivity (Wildman–Crippen MR) is 109 cm³/mol. The minimum atomic E-state index is -0.232. The normalized spacial score (nSPS) is 10.4. The summed E-state index contributed by atoms with van der Waals surface area (Å²) >= 11 is 1.34. The summed E-state index contributed by atoms with van der Waals surface area (Å²) in [5.74, 6) is -0.232. The fourth-order valence-electron chi connectivity index (χ4n) is 2.60. The van der Waals surface area contributed by atoms with Crippen molar-refractivity contribution in [2.24, 2.45) is 0 Å². The number of aromatic nitrogens is 2. The molecule has 0 saturated heterocycles. The number of rotatable bonds is 5. The molecule has 0 radical (unpaired) electrons. The molecule has 2 N–H and O–H groups in total. The topological polar surface area (TPSA) is 66.9 Å². The van der Waals surface area contributed by atoms with E-state index in [2.05, 4.69) is 20.8 Å². The molecule has 27 heavy (non-hydrogen) atoms. The molecule has 0 unspecified atom stereocenters. The highest BCUT2D eigenvalue weighted by Gasteiger charge is 2.14. The van der Waals surface area contributed by atoms with E-state index in [0.29, 0.717) is 10.7 Å².